The second-order valence-corrected chi connectivity index (χ2v) is 6.04. The van der Waals surface area contributed by atoms with Gasteiger partial charge in [0.15, 0.2) is 0 Å². The Hall–Kier alpha value is -1.20. The number of thiophene rings is 1. The van der Waals surface area contributed by atoms with E-state index < -0.39 is 0 Å². The summed E-state index contributed by atoms with van der Waals surface area (Å²) in [5.74, 6) is 0.965. The highest BCUT2D eigenvalue weighted by molar-refractivity contribution is 7.12. The van der Waals surface area contributed by atoms with Crippen LogP contribution in [-0.4, -0.2) is 21.7 Å². The first-order valence-corrected chi connectivity index (χ1v) is 7.13. The Morgan fingerprint density at radius 2 is 2.28 bits per heavy atom. The number of H-pyrrole nitrogens is 1. The number of aryl methyl sites for hydroxylation is 3. The summed E-state index contributed by atoms with van der Waals surface area (Å²) in [6.45, 7) is 7.58. The summed E-state index contributed by atoms with van der Waals surface area (Å²) in [5.41, 5.74) is 1.43. The molecule has 1 unspecified atom stereocenters. The second-order valence-electron chi connectivity index (χ2n) is 4.58. The standard InChI is InChI=1S/C13H20N4S/c1-9-7-12(11(3)18-9)10(2)14-6-4-5-13-15-8-16-17-13/h7-8,10,14H,4-6H2,1-3H3,(H,15,16,17). The molecule has 0 aliphatic rings. The highest BCUT2D eigenvalue weighted by atomic mass is 32.1. The van der Waals surface area contributed by atoms with Gasteiger partial charge in [-0.1, -0.05) is 0 Å². The molecule has 0 amide bonds. The lowest BCUT2D eigenvalue weighted by Crippen LogP contribution is -2.20. The zero-order valence-corrected chi connectivity index (χ0v) is 12.0. The molecule has 2 rings (SSSR count). The Labute approximate surface area is 112 Å². The molecule has 0 bridgehead atoms. The molecule has 0 aliphatic carbocycles. The topological polar surface area (TPSA) is 53.6 Å². The van der Waals surface area contributed by atoms with Gasteiger partial charge in [-0.15, -0.1) is 11.3 Å². The minimum absolute atomic E-state index is 0.421. The Bertz CT molecular complexity index is 475. The number of rotatable bonds is 6. The van der Waals surface area contributed by atoms with Crippen LogP contribution in [0.4, 0.5) is 0 Å². The fraction of sp³-hybridized carbons (Fsp3) is 0.538. The molecule has 2 aromatic heterocycles. The van der Waals surface area contributed by atoms with Crippen molar-refractivity contribution < 1.29 is 0 Å². The average Bonchev–Trinajstić information content (AvgIpc) is 2.94. The van der Waals surface area contributed by atoms with Gasteiger partial charge in [0.2, 0.25) is 0 Å². The summed E-state index contributed by atoms with van der Waals surface area (Å²) in [6, 6.07) is 2.71. The Kier molecular flexibility index (Phi) is 4.49. The maximum atomic E-state index is 4.12. The van der Waals surface area contributed by atoms with Gasteiger partial charge in [0.25, 0.3) is 0 Å². The molecule has 0 saturated heterocycles. The van der Waals surface area contributed by atoms with Crippen molar-refractivity contribution >= 4 is 11.3 Å². The van der Waals surface area contributed by atoms with Crippen molar-refractivity contribution in [2.75, 3.05) is 6.54 Å². The van der Waals surface area contributed by atoms with Gasteiger partial charge in [0.05, 0.1) is 0 Å². The van der Waals surface area contributed by atoms with Crippen LogP contribution < -0.4 is 5.32 Å². The third kappa shape index (κ3) is 3.40. The van der Waals surface area contributed by atoms with E-state index in [1.165, 1.54) is 15.3 Å². The maximum absolute atomic E-state index is 4.12. The van der Waals surface area contributed by atoms with Crippen molar-refractivity contribution in [1.29, 1.82) is 0 Å². The number of hydrogen-bond donors (Lipinski definition) is 2. The molecule has 98 valence electrons. The van der Waals surface area contributed by atoms with Crippen molar-refractivity contribution in [2.45, 2.75) is 39.7 Å². The lowest BCUT2D eigenvalue weighted by molar-refractivity contribution is 0.554. The minimum Gasteiger partial charge on any atom is -0.310 e. The SMILES string of the molecule is Cc1cc(C(C)NCCCc2ncn[nH]2)c(C)s1. The zero-order chi connectivity index (χ0) is 13.0. The summed E-state index contributed by atoms with van der Waals surface area (Å²) in [7, 11) is 0. The molecular formula is C13H20N4S. The van der Waals surface area contributed by atoms with Crippen LogP contribution in [0.2, 0.25) is 0 Å². The molecule has 0 spiro atoms. The number of aromatic nitrogens is 3. The van der Waals surface area contributed by atoms with E-state index in [0.29, 0.717) is 6.04 Å². The third-order valence-corrected chi connectivity index (χ3v) is 4.03. The fourth-order valence-electron chi connectivity index (χ4n) is 2.12. The Balaban J connectivity index is 1.75. The average molecular weight is 264 g/mol. The van der Waals surface area contributed by atoms with Crippen LogP contribution in [-0.2, 0) is 6.42 Å². The van der Waals surface area contributed by atoms with Gasteiger partial charge in [-0.05, 0) is 45.4 Å². The summed E-state index contributed by atoms with van der Waals surface area (Å²) in [6.07, 6.45) is 3.58. The van der Waals surface area contributed by atoms with Crippen LogP contribution in [0.15, 0.2) is 12.4 Å². The molecular weight excluding hydrogens is 244 g/mol. The largest absolute Gasteiger partial charge is 0.310 e. The van der Waals surface area contributed by atoms with E-state index in [2.05, 4.69) is 47.3 Å². The highest BCUT2D eigenvalue weighted by Crippen LogP contribution is 2.25. The number of aromatic amines is 1. The van der Waals surface area contributed by atoms with E-state index in [1.807, 2.05) is 11.3 Å². The highest BCUT2D eigenvalue weighted by Gasteiger charge is 2.10. The maximum Gasteiger partial charge on any atom is 0.137 e. The van der Waals surface area contributed by atoms with Crippen LogP contribution in [0.5, 0.6) is 0 Å². The first-order chi connectivity index (χ1) is 8.66. The molecule has 2 aromatic rings. The summed E-state index contributed by atoms with van der Waals surface area (Å²) in [5, 5.41) is 10.3. The van der Waals surface area contributed by atoms with Crippen LogP contribution in [0, 0.1) is 13.8 Å². The van der Waals surface area contributed by atoms with E-state index >= 15 is 0 Å². The van der Waals surface area contributed by atoms with Gasteiger partial charge in [-0.25, -0.2) is 4.98 Å². The molecule has 1 atom stereocenters. The molecule has 4 nitrogen and oxygen atoms in total. The van der Waals surface area contributed by atoms with Gasteiger partial charge in [-0.3, -0.25) is 5.10 Å². The van der Waals surface area contributed by atoms with E-state index in [9.17, 15) is 0 Å². The van der Waals surface area contributed by atoms with Crippen LogP contribution in [0.1, 0.15) is 40.5 Å². The van der Waals surface area contributed by atoms with Crippen LogP contribution in [0.25, 0.3) is 0 Å². The second kappa shape index (κ2) is 6.11. The van der Waals surface area contributed by atoms with Crippen molar-refractivity contribution in [3.8, 4) is 0 Å². The quantitative estimate of drug-likeness (QED) is 0.789. The van der Waals surface area contributed by atoms with Gasteiger partial charge in [-0.2, -0.15) is 5.10 Å². The molecule has 0 radical (unpaired) electrons. The van der Waals surface area contributed by atoms with Crippen molar-refractivity contribution in [1.82, 2.24) is 20.5 Å². The normalized spacial score (nSPS) is 12.8. The summed E-state index contributed by atoms with van der Waals surface area (Å²) < 4.78 is 0. The van der Waals surface area contributed by atoms with E-state index in [0.717, 1.165) is 25.2 Å². The predicted octanol–water partition coefficient (Wildman–Crippen LogP) is 2.77. The molecule has 0 saturated carbocycles. The minimum atomic E-state index is 0.421. The van der Waals surface area contributed by atoms with E-state index in [1.54, 1.807) is 6.33 Å². The molecule has 5 heteroatoms. The lowest BCUT2D eigenvalue weighted by atomic mass is 10.1. The van der Waals surface area contributed by atoms with Gasteiger partial charge < -0.3 is 5.32 Å². The summed E-state index contributed by atoms with van der Waals surface area (Å²) >= 11 is 1.87. The van der Waals surface area contributed by atoms with Gasteiger partial charge in [0.1, 0.15) is 12.2 Å². The summed E-state index contributed by atoms with van der Waals surface area (Å²) in [4.78, 5) is 6.92. The lowest BCUT2D eigenvalue weighted by Gasteiger charge is -2.13. The van der Waals surface area contributed by atoms with Crippen LogP contribution >= 0.6 is 11.3 Å². The Morgan fingerprint density at radius 1 is 1.44 bits per heavy atom. The first-order valence-electron chi connectivity index (χ1n) is 6.31. The number of nitrogens with zero attached hydrogens (tertiary/aromatic N) is 2. The predicted molar refractivity (Wildman–Crippen MR) is 74.9 cm³/mol. The Morgan fingerprint density at radius 3 is 2.89 bits per heavy atom. The molecule has 0 aliphatic heterocycles. The third-order valence-electron chi connectivity index (χ3n) is 3.05. The number of nitrogens with one attached hydrogen (secondary N) is 2. The van der Waals surface area contributed by atoms with E-state index in [-0.39, 0.29) is 0 Å². The molecule has 0 fully saturated rings. The van der Waals surface area contributed by atoms with Crippen LogP contribution in [0.3, 0.4) is 0 Å². The molecule has 2 N–H and O–H groups in total. The fourth-order valence-corrected chi connectivity index (χ4v) is 3.14. The first kappa shape index (κ1) is 13.2. The van der Waals surface area contributed by atoms with Gasteiger partial charge in [0, 0.05) is 22.2 Å². The van der Waals surface area contributed by atoms with Crippen molar-refractivity contribution in [3.05, 3.63) is 33.5 Å². The zero-order valence-electron chi connectivity index (χ0n) is 11.2. The van der Waals surface area contributed by atoms with Crippen molar-refractivity contribution in [3.63, 3.8) is 0 Å². The molecule has 0 aromatic carbocycles. The van der Waals surface area contributed by atoms with E-state index in [4.69, 9.17) is 0 Å². The molecule has 18 heavy (non-hydrogen) atoms. The van der Waals surface area contributed by atoms with Gasteiger partial charge >= 0.3 is 0 Å². The number of hydrogen-bond acceptors (Lipinski definition) is 4. The van der Waals surface area contributed by atoms with Crippen molar-refractivity contribution in [2.24, 2.45) is 0 Å². The molecule has 2 heterocycles. The monoisotopic (exact) mass is 264 g/mol. The smallest absolute Gasteiger partial charge is 0.137 e.